The number of carbonyl (C=O) groups excluding carboxylic acids is 2. The zero-order chi connectivity index (χ0) is 22.6. The Kier molecular flexibility index (Phi) is 6.74. The van der Waals surface area contributed by atoms with E-state index in [0.29, 0.717) is 5.75 Å². The molecule has 0 saturated heterocycles. The highest BCUT2D eigenvalue weighted by Gasteiger charge is 2.27. The molecule has 1 heterocycles. The van der Waals surface area contributed by atoms with Crippen LogP contribution in [-0.2, 0) is 9.59 Å². The minimum Gasteiger partial charge on any atom is -0.326 e. The van der Waals surface area contributed by atoms with Crippen molar-refractivity contribution in [3.8, 4) is 0 Å². The molecule has 4 nitrogen and oxygen atoms in total. The number of rotatable bonds is 5. The second-order valence-electron chi connectivity index (χ2n) is 8.40. The molecular formula is C27H26N2O2S2. The number of nitrogens with zero attached hydrogens (tertiary/aromatic N) is 1. The summed E-state index contributed by atoms with van der Waals surface area (Å²) in [4.78, 5) is 30.8. The highest BCUT2D eigenvalue weighted by Crippen LogP contribution is 2.48. The molecule has 5 rings (SSSR count). The van der Waals surface area contributed by atoms with E-state index in [4.69, 9.17) is 0 Å². The van der Waals surface area contributed by atoms with Gasteiger partial charge < -0.3 is 5.32 Å². The van der Waals surface area contributed by atoms with Crippen molar-refractivity contribution in [1.29, 1.82) is 0 Å². The number of carbonyl (C=O) groups is 2. The molecule has 1 N–H and O–H groups in total. The van der Waals surface area contributed by atoms with Crippen molar-refractivity contribution in [3.05, 3.63) is 72.8 Å². The first-order valence-electron chi connectivity index (χ1n) is 11.4. The predicted molar refractivity (Wildman–Crippen MR) is 137 cm³/mol. The lowest BCUT2D eigenvalue weighted by molar-refractivity contribution is -0.120. The third kappa shape index (κ3) is 4.97. The lowest BCUT2D eigenvalue weighted by Crippen LogP contribution is -2.29. The van der Waals surface area contributed by atoms with Crippen molar-refractivity contribution in [1.82, 2.24) is 0 Å². The molecule has 1 saturated carbocycles. The molecule has 1 aliphatic heterocycles. The van der Waals surface area contributed by atoms with E-state index in [0.717, 1.165) is 57.4 Å². The van der Waals surface area contributed by atoms with E-state index < -0.39 is 0 Å². The number of benzene rings is 3. The highest BCUT2D eigenvalue weighted by atomic mass is 32.2. The van der Waals surface area contributed by atoms with Gasteiger partial charge >= 0.3 is 0 Å². The number of thioether (sulfide) groups is 1. The molecule has 0 bridgehead atoms. The maximum atomic E-state index is 13.3. The van der Waals surface area contributed by atoms with Crippen LogP contribution in [0.4, 0.5) is 17.1 Å². The second kappa shape index (κ2) is 10.1. The molecular weight excluding hydrogens is 448 g/mol. The van der Waals surface area contributed by atoms with Crippen LogP contribution in [0.3, 0.4) is 0 Å². The molecule has 168 valence electrons. The molecule has 0 radical (unpaired) electrons. The van der Waals surface area contributed by atoms with Crippen LogP contribution in [-0.4, -0.2) is 17.6 Å². The first-order chi connectivity index (χ1) is 16.2. The monoisotopic (exact) mass is 474 g/mol. The second-order valence-corrected chi connectivity index (χ2v) is 10.5. The van der Waals surface area contributed by atoms with E-state index in [9.17, 15) is 9.59 Å². The van der Waals surface area contributed by atoms with Gasteiger partial charge in [-0.2, -0.15) is 0 Å². The van der Waals surface area contributed by atoms with Crippen molar-refractivity contribution in [2.24, 2.45) is 5.92 Å². The number of fused-ring (bicyclic) bond motifs is 2. The average Bonchev–Trinajstić information content (AvgIpc) is 2.87. The molecule has 3 aromatic rings. The fourth-order valence-corrected chi connectivity index (χ4v) is 6.23. The van der Waals surface area contributed by atoms with Crippen LogP contribution in [0.1, 0.15) is 32.1 Å². The quantitative estimate of drug-likeness (QED) is 0.400. The van der Waals surface area contributed by atoms with Crippen molar-refractivity contribution in [3.63, 3.8) is 0 Å². The third-order valence-electron chi connectivity index (χ3n) is 6.14. The van der Waals surface area contributed by atoms with Gasteiger partial charge in [-0.3, -0.25) is 14.5 Å². The van der Waals surface area contributed by atoms with Gasteiger partial charge in [0.2, 0.25) is 11.8 Å². The van der Waals surface area contributed by atoms with Crippen LogP contribution in [0.15, 0.2) is 87.5 Å². The maximum Gasteiger partial charge on any atom is 0.241 e. The first kappa shape index (κ1) is 22.1. The van der Waals surface area contributed by atoms with E-state index in [1.54, 1.807) is 11.8 Å². The standard InChI is InChI=1S/C27H26N2O2S2/c30-26(29-22-10-4-6-12-24(22)33-25-13-7-5-11-23(25)29)18-32-21-16-14-20(15-17-21)28-27(31)19-8-2-1-3-9-19/h4-7,10-17,19H,1-3,8-9,18H2,(H,28,31). The van der Waals surface area contributed by atoms with Crippen LogP contribution in [0.25, 0.3) is 0 Å². The Morgan fingerprint density at radius 1 is 0.848 bits per heavy atom. The summed E-state index contributed by atoms with van der Waals surface area (Å²) in [7, 11) is 0. The average molecular weight is 475 g/mol. The zero-order valence-corrected chi connectivity index (χ0v) is 20.0. The summed E-state index contributed by atoms with van der Waals surface area (Å²) in [5.74, 6) is 0.653. The first-order valence-corrected chi connectivity index (χ1v) is 13.2. The van der Waals surface area contributed by atoms with E-state index >= 15 is 0 Å². The largest absolute Gasteiger partial charge is 0.326 e. The topological polar surface area (TPSA) is 49.4 Å². The SMILES string of the molecule is O=C(Nc1ccc(SCC(=O)N2c3ccccc3Sc3ccccc32)cc1)C1CCCCC1. The van der Waals surface area contributed by atoms with Crippen molar-refractivity contribution >= 4 is 52.4 Å². The molecule has 0 unspecified atom stereocenters. The summed E-state index contributed by atoms with van der Waals surface area (Å²) >= 11 is 3.22. The van der Waals surface area contributed by atoms with Gasteiger partial charge in [-0.25, -0.2) is 0 Å². The van der Waals surface area contributed by atoms with Crippen molar-refractivity contribution in [2.75, 3.05) is 16.0 Å². The van der Waals surface area contributed by atoms with Crippen molar-refractivity contribution in [2.45, 2.75) is 46.8 Å². The van der Waals surface area contributed by atoms with E-state index in [2.05, 4.69) is 17.4 Å². The molecule has 2 amide bonds. The molecule has 0 atom stereocenters. The van der Waals surface area contributed by atoms with Gasteiger partial charge in [0.05, 0.1) is 17.1 Å². The van der Waals surface area contributed by atoms with Gasteiger partial charge in [0.15, 0.2) is 0 Å². The lowest BCUT2D eigenvalue weighted by atomic mass is 9.88. The Balaban J connectivity index is 1.24. The molecule has 3 aromatic carbocycles. The minimum absolute atomic E-state index is 0.0508. The Labute approximate surface area is 203 Å². The van der Waals surface area contributed by atoms with Crippen LogP contribution in [0.2, 0.25) is 0 Å². The molecule has 0 aromatic heterocycles. The van der Waals surface area contributed by atoms with Gasteiger partial charge in [-0.05, 0) is 61.4 Å². The van der Waals surface area contributed by atoms with Crippen molar-refractivity contribution < 1.29 is 9.59 Å². The van der Waals surface area contributed by atoms with Crippen LogP contribution >= 0.6 is 23.5 Å². The van der Waals surface area contributed by atoms with Crippen LogP contribution in [0, 0.1) is 5.92 Å². The summed E-state index contributed by atoms with van der Waals surface area (Å²) in [5, 5.41) is 3.05. The Bertz CT molecular complexity index is 1110. The third-order valence-corrected chi connectivity index (χ3v) is 8.27. The summed E-state index contributed by atoms with van der Waals surface area (Å²) in [5.41, 5.74) is 2.69. The molecule has 1 aliphatic carbocycles. The number of hydrogen-bond acceptors (Lipinski definition) is 4. The highest BCUT2D eigenvalue weighted by molar-refractivity contribution is 8.00. The fraction of sp³-hybridized carbons (Fsp3) is 0.259. The number of para-hydroxylation sites is 2. The minimum atomic E-state index is 0.0508. The van der Waals surface area contributed by atoms with Gasteiger partial charge in [-0.15, -0.1) is 11.8 Å². The van der Waals surface area contributed by atoms with Gasteiger partial charge in [0, 0.05) is 26.3 Å². The summed E-state index contributed by atoms with van der Waals surface area (Å²) in [6.07, 6.45) is 5.51. The maximum absolute atomic E-state index is 13.3. The van der Waals surface area contributed by atoms with E-state index in [1.807, 2.05) is 65.6 Å². The molecule has 2 aliphatic rings. The molecule has 1 fully saturated rings. The van der Waals surface area contributed by atoms with Gasteiger partial charge in [0.25, 0.3) is 0 Å². The van der Waals surface area contributed by atoms with E-state index in [-0.39, 0.29) is 17.7 Å². The van der Waals surface area contributed by atoms with Crippen LogP contribution < -0.4 is 10.2 Å². The fourth-order valence-electron chi connectivity index (χ4n) is 4.43. The van der Waals surface area contributed by atoms with Gasteiger partial charge in [0.1, 0.15) is 0 Å². The summed E-state index contributed by atoms with van der Waals surface area (Å²) in [6, 6.07) is 23.9. The smallest absolute Gasteiger partial charge is 0.241 e. The Morgan fingerprint density at radius 3 is 2.09 bits per heavy atom. The predicted octanol–water partition coefficient (Wildman–Crippen LogP) is 7.13. The summed E-state index contributed by atoms with van der Waals surface area (Å²) in [6.45, 7) is 0. The summed E-state index contributed by atoms with van der Waals surface area (Å²) < 4.78 is 0. The molecule has 6 heteroatoms. The number of nitrogens with one attached hydrogen (secondary N) is 1. The Morgan fingerprint density at radius 2 is 1.45 bits per heavy atom. The number of hydrogen-bond donors (Lipinski definition) is 1. The van der Waals surface area contributed by atoms with Gasteiger partial charge in [-0.1, -0.05) is 55.3 Å². The zero-order valence-electron chi connectivity index (χ0n) is 18.3. The Hall–Kier alpha value is -2.70. The van der Waals surface area contributed by atoms with Crippen LogP contribution in [0.5, 0.6) is 0 Å². The molecule has 33 heavy (non-hydrogen) atoms. The lowest BCUT2D eigenvalue weighted by Gasteiger charge is -2.31. The number of amides is 2. The van der Waals surface area contributed by atoms with E-state index in [1.165, 1.54) is 18.2 Å². The number of anilines is 3. The normalized spacial score (nSPS) is 15.5. The molecule has 0 spiro atoms.